The van der Waals surface area contributed by atoms with E-state index in [2.05, 4.69) is 22.1 Å². The molecule has 0 bridgehead atoms. The molecule has 4 heteroatoms. The van der Waals surface area contributed by atoms with Crippen molar-refractivity contribution < 1.29 is 0 Å². The SMILES string of the molecule is Cc1c(Cc2ccccc2)[nH]c2nc(C)n(-c3ccccc3)c(=O)c12. The average Bonchev–Trinajstić information content (AvgIpc) is 2.92. The van der Waals surface area contributed by atoms with Crippen molar-refractivity contribution in [2.24, 2.45) is 0 Å². The summed E-state index contributed by atoms with van der Waals surface area (Å²) >= 11 is 0. The topological polar surface area (TPSA) is 50.7 Å². The largest absolute Gasteiger partial charge is 0.342 e. The first-order valence-electron chi connectivity index (χ1n) is 8.35. The van der Waals surface area contributed by atoms with Gasteiger partial charge in [0, 0.05) is 12.1 Å². The van der Waals surface area contributed by atoms with Gasteiger partial charge in [-0.15, -0.1) is 0 Å². The van der Waals surface area contributed by atoms with E-state index >= 15 is 0 Å². The van der Waals surface area contributed by atoms with Crippen molar-refractivity contribution >= 4 is 11.0 Å². The number of nitrogens with zero attached hydrogens (tertiary/aromatic N) is 2. The molecule has 0 atom stereocenters. The third-order valence-corrected chi connectivity index (χ3v) is 4.59. The molecule has 4 rings (SSSR count). The van der Waals surface area contributed by atoms with Gasteiger partial charge in [-0.2, -0.15) is 0 Å². The molecule has 2 aromatic heterocycles. The number of hydrogen-bond donors (Lipinski definition) is 1. The van der Waals surface area contributed by atoms with Crippen molar-refractivity contribution in [3.63, 3.8) is 0 Å². The van der Waals surface area contributed by atoms with Crippen LogP contribution in [0.4, 0.5) is 0 Å². The Morgan fingerprint density at radius 3 is 2.28 bits per heavy atom. The Hall–Kier alpha value is -3.14. The van der Waals surface area contributed by atoms with Gasteiger partial charge in [0.15, 0.2) is 0 Å². The van der Waals surface area contributed by atoms with Gasteiger partial charge in [0.25, 0.3) is 5.56 Å². The number of aryl methyl sites for hydroxylation is 2. The van der Waals surface area contributed by atoms with Crippen LogP contribution in [0.15, 0.2) is 65.5 Å². The van der Waals surface area contributed by atoms with Crippen molar-refractivity contribution in [1.29, 1.82) is 0 Å². The molecular formula is C21H19N3O. The van der Waals surface area contributed by atoms with Crippen LogP contribution in [0.5, 0.6) is 0 Å². The van der Waals surface area contributed by atoms with E-state index in [0.29, 0.717) is 16.9 Å². The molecule has 0 amide bonds. The Morgan fingerprint density at radius 2 is 1.60 bits per heavy atom. The van der Waals surface area contributed by atoms with Gasteiger partial charge in [-0.25, -0.2) is 4.98 Å². The number of hydrogen-bond acceptors (Lipinski definition) is 2. The maximum Gasteiger partial charge on any atom is 0.267 e. The van der Waals surface area contributed by atoms with Crippen LogP contribution in [-0.2, 0) is 6.42 Å². The third-order valence-electron chi connectivity index (χ3n) is 4.59. The van der Waals surface area contributed by atoms with Crippen LogP contribution < -0.4 is 5.56 Å². The van der Waals surface area contributed by atoms with Gasteiger partial charge in [0.05, 0.1) is 11.1 Å². The molecule has 0 saturated heterocycles. The van der Waals surface area contributed by atoms with Crippen LogP contribution in [0.1, 0.15) is 22.6 Å². The van der Waals surface area contributed by atoms with E-state index in [1.54, 1.807) is 4.57 Å². The number of H-pyrrole nitrogens is 1. The van der Waals surface area contributed by atoms with Gasteiger partial charge >= 0.3 is 0 Å². The predicted octanol–water partition coefficient (Wildman–Crippen LogP) is 3.92. The van der Waals surface area contributed by atoms with Gasteiger partial charge in [0.2, 0.25) is 0 Å². The minimum Gasteiger partial charge on any atom is -0.342 e. The first-order valence-corrected chi connectivity index (χ1v) is 8.35. The lowest BCUT2D eigenvalue weighted by Gasteiger charge is -2.09. The highest BCUT2D eigenvalue weighted by Gasteiger charge is 2.16. The molecule has 0 radical (unpaired) electrons. The molecule has 0 aliphatic rings. The first kappa shape index (κ1) is 15.4. The molecule has 2 heterocycles. The van der Waals surface area contributed by atoms with E-state index in [1.807, 2.05) is 62.4 Å². The van der Waals surface area contributed by atoms with E-state index in [1.165, 1.54) is 5.56 Å². The lowest BCUT2D eigenvalue weighted by molar-refractivity contribution is 0.891. The fourth-order valence-electron chi connectivity index (χ4n) is 3.30. The van der Waals surface area contributed by atoms with Gasteiger partial charge < -0.3 is 4.98 Å². The van der Waals surface area contributed by atoms with Crippen molar-refractivity contribution in [2.75, 3.05) is 0 Å². The summed E-state index contributed by atoms with van der Waals surface area (Å²) in [5.74, 6) is 0.677. The van der Waals surface area contributed by atoms with E-state index in [4.69, 9.17) is 0 Å². The summed E-state index contributed by atoms with van der Waals surface area (Å²) in [6.45, 7) is 3.85. The van der Waals surface area contributed by atoms with E-state index < -0.39 is 0 Å². The average molecular weight is 329 g/mol. The van der Waals surface area contributed by atoms with Crippen LogP contribution in [0.2, 0.25) is 0 Å². The Bertz CT molecular complexity index is 1090. The fraction of sp³-hybridized carbons (Fsp3) is 0.143. The molecule has 0 aliphatic carbocycles. The Labute approximate surface area is 145 Å². The maximum absolute atomic E-state index is 13.1. The minimum absolute atomic E-state index is 0.0261. The summed E-state index contributed by atoms with van der Waals surface area (Å²) in [6, 6.07) is 19.9. The number of aromatic nitrogens is 3. The summed E-state index contributed by atoms with van der Waals surface area (Å²) in [4.78, 5) is 21.1. The zero-order valence-electron chi connectivity index (χ0n) is 14.3. The molecule has 0 fully saturated rings. The quantitative estimate of drug-likeness (QED) is 0.619. The zero-order chi connectivity index (χ0) is 17.4. The van der Waals surface area contributed by atoms with Crippen molar-refractivity contribution in [3.05, 3.63) is 93.7 Å². The Morgan fingerprint density at radius 1 is 0.960 bits per heavy atom. The lowest BCUT2D eigenvalue weighted by atomic mass is 10.1. The number of nitrogens with one attached hydrogen (secondary N) is 1. The Balaban J connectivity index is 1.90. The minimum atomic E-state index is -0.0261. The second kappa shape index (κ2) is 6.06. The van der Waals surface area contributed by atoms with Gasteiger partial charge in [0.1, 0.15) is 11.5 Å². The van der Waals surface area contributed by atoms with E-state index in [0.717, 1.165) is 23.4 Å². The number of rotatable bonds is 3. The normalized spacial score (nSPS) is 11.1. The molecule has 0 saturated carbocycles. The molecule has 0 unspecified atom stereocenters. The summed E-state index contributed by atoms with van der Waals surface area (Å²) in [7, 11) is 0. The molecule has 1 N–H and O–H groups in total. The van der Waals surface area contributed by atoms with Crippen LogP contribution >= 0.6 is 0 Å². The first-order chi connectivity index (χ1) is 12.1. The summed E-state index contributed by atoms with van der Waals surface area (Å²) < 4.78 is 1.68. The van der Waals surface area contributed by atoms with Crippen molar-refractivity contribution in [1.82, 2.24) is 14.5 Å². The molecular weight excluding hydrogens is 310 g/mol. The number of benzene rings is 2. The maximum atomic E-state index is 13.1. The molecule has 124 valence electrons. The van der Waals surface area contributed by atoms with E-state index in [-0.39, 0.29) is 5.56 Å². The Kier molecular flexibility index (Phi) is 3.73. The lowest BCUT2D eigenvalue weighted by Crippen LogP contribution is -2.22. The molecule has 2 aromatic carbocycles. The standard InChI is InChI=1S/C21H19N3O/c1-14-18(13-16-9-5-3-6-10-16)23-20-19(14)21(25)24(15(2)22-20)17-11-7-4-8-12-17/h3-12,23H,13H2,1-2H3. The molecule has 25 heavy (non-hydrogen) atoms. The second-order valence-corrected chi connectivity index (χ2v) is 6.25. The molecule has 4 nitrogen and oxygen atoms in total. The number of aromatic amines is 1. The summed E-state index contributed by atoms with van der Waals surface area (Å²) in [5.41, 5.74) is 4.69. The van der Waals surface area contributed by atoms with Crippen LogP contribution in [0.25, 0.3) is 16.7 Å². The number of para-hydroxylation sites is 1. The van der Waals surface area contributed by atoms with Gasteiger partial charge in [-0.1, -0.05) is 48.5 Å². The molecule has 4 aromatic rings. The number of fused-ring (bicyclic) bond motifs is 1. The highest BCUT2D eigenvalue weighted by molar-refractivity contribution is 5.80. The van der Waals surface area contributed by atoms with Gasteiger partial charge in [-0.05, 0) is 37.1 Å². The third kappa shape index (κ3) is 2.66. The van der Waals surface area contributed by atoms with Crippen molar-refractivity contribution in [2.45, 2.75) is 20.3 Å². The summed E-state index contributed by atoms with van der Waals surface area (Å²) in [6.07, 6.45) is 0.757. The van der Waals surface area contributed by atoms with Crippen molar-refractivity contribution in [3.8, 4) is 5.69 Å². The highest BCUT2D eigenvalue weighted by atomic mass is 16.1. The highest BCUT2D eigenvalue weighted by Crippen LogP contribution is 2.21. The molecule has 0 aliphatic heterocycles. The monoisotopic (exact) mass is 329 g/mol. The van der Waals surface area contributed by atoms with Crippen LogP contribution in [-0.4, -0.2) is 14.5 Å². The van der Waals surface area contributed by atoms with Crippen LogP contribution in [0.3, 0.4) is 0 Å². The summed E-state index contributed by atoms with van der Waals surface area (Å²) in [5, 5.41) is 0.667. The van der Waals surface area contributed by atoms with Crippen LogP contribution in [0, 0.1) is 13.8 Å². The fourth-order valence-corrected chi connectivity index (χ4v) is 3.30. The zero-order valence-corrected chi connectivity index (χ0v) is 14.3. The predicted molar refractivity (Wildman–Crippen MR) is 100 cm³/mol. The van der Waals surface area contributed by atoms with E-state index in [9.17, 15) is 4.79 Å². The second-order valence-electron chi connectivity index (χ2n) is 6.25. The smallest absolute Gasteiger partial charge is 0.267 e. The van der Waals surface area contributed by atoms with Gasteiger partial charge in [-0.3, -0.25) is 9.36 Å². The molecule has 0 spiro atoms.